The molecule has 0 saturated carbocycles. The topological polar surface area (TPSA) is 72.6 Å². The van der Waals surface area contributed by atoms with Crippen LogP contribution in [0.2, 0.25) is 5.15 Å². The van der Waals surface area contributed by atoms with E-state index in [1.165, 1.54) is 9.42 Å². The van der Waals surface area contributed by atoms with Crippen LogP contribution in [0.4, 0.5) is 10.6 Å². The van der Waals surface area contributed by atoms with Crippen molar-refractivity contribution in [1.29, 1.82) is 0 Å². The van der Waals surface area contributed by atoms with Gasteiger partial charge < -0.3 is 4.74 Å². The van der Waals surface area contributed by atoms with Gasteiger partial charge in [0.2, 0.25) is 0 Å². The first-order chi connectivity index (χ1) is 12.2. The van der Waals surface area contributed by atoms with E-state index >= 15 is 0 Å². The van der Waals surface area contributed by atoms with E-state index in [9.17, 15) is 4.79 Å². The molecule has 0 aromatic carbocycles. The molecular formula is C17H17BrClN5O2. The molecule has 0 aliphatic carbocycles. The molecule has 0 atom stereocenters. The number of hydrogen-bond donors (Lipinski definition) is 0. The minimum Gasteiger partial charge on any atom is -0.443 e. The Kier molecular flexibility index (Phi) is 5.15. The summed E-state index contributed by atoms with van der Waals surface area (Å²) >= 11 is 9.56. The summed E-state index contributed by atoms with van der Waals surface area (Å²) in [5.74, 6) is 0.448. The maximum Gasteiger partial charge on any atom is 0.416 e. The van der Waals surface area contributed by atoms with E-state index in [1.807, 2.05) is 32.9 Å². The van der Waals surface area contributed by atoms with Crippen molar-refractivity contribution in [2.24, 2.45) is 0 Å². The Labute approximate surface area is 164 Å². The zero-order valence-electron chi connectivity index (χ0n) is 14.5. The van der Waals surface area contributed by atoms with E-state index in [0.717, 1.165) is 5.56 Å². The van der Waals surface area contributed by atoms with Crippen LogP contribution in [0, 0.1) is 0 Å². The first-order valence-corrected chi connectivity index (χ1v) is 9.01. The lowest BCUT2D eigenvalue weighted by molar-refractivity contribution is 0.0575. The van der Waals surface area contributed by atoms with Gasteiger partial charge in [-0.1, -0.05) is 17.7 Å². The largest absolute Gasteiger partial charge is 0.443 e. The summed E-state index contributed by atoms with van der Waals surface area (Å²) in [6.45, 7) is 5.68. The standard InChI is InChI=1S/C17H17BrClN5O2/c1-17(2,3)26-16(25)23(10-11-5-4-6-20-8-11)14-7-13(19)22-15-12(18)9-21-24(14)15/h4-9H,10H2,1-3H3. The lowest BCUT2D eigenvalue weighted by Gasteiger charge is -2.27. The fourth-order valence-electron chi connectivity index (χ4n) is 2.31. The average molecular weight is 439 g/mol. The Morgan fingerprint density at radius 3 is 2.81 bits per heavy atom. The third-order valence-corrected chi connectivity index (χ3v) is 4.09. The molecule has 26 heavy (non-hydrogen) atoms. The predicted molar refractivity (Wildman–Crippen MR) is 102 cm³/mol. The molecule has 3 aromatic heterocycles. The summed E-state index contributed by atoms with van der Waals surface area (Å²) in [5.41, 5.74) is 0.697. The minimum atomic E-state index is -0.648. The minimum absolute atomic E-state index is 0.244. The van der Waals surface area contributed by atoms with Crippen LogP contribution in [-0.2, 0) is 11.3 Å². The summed E-state index contributed by atoms with van der Waals surface area (Å²) in [5, 5.41) is 4.53. The second-order valence-corrected chi connectivity index (χ2v) is 7.83. The maximum absolute atomic E-state index is 12.9. The van der Waals surface area contributed by atoms with Crippen LogP contribution in [0.25, 0.3) is 5.65 Å². The second-order valence-electron chi connectivity index (χ2n) is 6.59. The number of hydrogen-bond acceptors (Lipinski definition) is 5. The second kappa shape index (κ2) is 7.20. The molecule has 3 heterocycles. The number of amides is 1. The Morgan fingerprint density at radius 1 is 1.38 bits per heavy atom. The molecule has 3 aromatic rings. The van der Waals surface area contributed by atoms with Crippen molar-refractivity contribution in [1.82, 2.24) is 19.6 Å². The van der Waals surface area contributed by atoms with Crippen molar-refractivity contribution in [2.45, 2.75) is 32.9 Å². The van der Waals surface area contributed by atoms with Gasteiger partial charge >= 0.3 is 6.09 Å². The molecular weight excluding hydrogens is 422 g/mol. The number of halogens is 2. The molecule has 0 aliphatic heterocycles. The summed E-state index contributed by atoms with van der Waals surface area (Å²) in [4.78, 5) is 22.7. The number of nitrogens with zero attached hydrogens (tertiary/aromatic N) is 5. The summed E-state index contributed by atoms with van der Waals surface area (Å²) in [6, 6.07) is 5.26. The molecule has 1 amide bonds. The monoisotopic (exact) mass is 437 g/mol. The van der Waals surface area contributed by atoms with E-state index in [0.29, 0.717) is 15.9 Å². The molecule has 0 radical (unpaired) electrons. The van der Waals surface area contributed by atoms with Gasteiger partial charge in [0.15, 0.2) is 5.65 Å². The predicted octanol–water partition coefficient (Wildman–Crippen LogP) is 4.48. The molecule has 3 rings (SSSR count). The summed E-state index contributed by atoms with van der Waals surface area (Å²) < 4.78 is 7.78. The number of rotatable bonds is 3. The van der Waals surface area contributed by atoms with Crippen LogP contribution in [0.5, 0.6) is 0 Å². The van der Waals surface area contributed by atoms with Gasteiger partial charge in [-0.2, -0.15) is 9.61 Å². The molecule has 9 heteroatoms. The normalized spacial score (nSPS) is 11.6. The van der Waals surface area contributed by atoms with E-state index in [1.54, 1.807) is 24.7 Å². The number of anilines is 1. The lowest BCUT2D eigenvalue weighted by Crippen LogP contribution is -2.37. The number of ether oxygens (including phenoxy) is 1. The lowest BCUT2D eigenvalue weighted by atomic mass is 10.2. The van der Waals surface area contributed by atoms with Gasteiger partial charge in [0, 0.05) is 18.5 Å². The average Bonchev–Trinajstić information content (AvgIpc) is 2.92. The third kappa shape index (κ3) is 4.13. The maximum atomic E-state index is 12.9. The van der Waals surface area contributed by atoms with Gasteiger partial charge in [-0.25, -0.2) is 9.78 Å². The highest BCUT2D eigenvalue weighted by molar-refractivity contribution is 9.10. The van der Waals surface area contributed by atoms with Gasteiger partial charge in [-0.3, -0.25) is 9.88 Å². The molecule has 0 bridgehead atoms. The van der Waals surface area contributed by atoms with Gasteiger partial charge in [0.1, 0.15) is 16.6 Å². The van der Waals surface area contributed by atoms with Crippen LogP contribution < -0.4 is 4.90 Å². The van der Waals surface area contributed by atoms with Crippen molar-refractivity contribution in [3.05, 3.63) is 52.0 Å². The van der Waals surface area contributed by atoms with Crippen LogP contribution in [-0.4, -0.2) is 31.3 Å². The quantitative estimate of drug-likeness (QED) is 0.564. The Bertz CT molecular complexity index is 939. The molecule has 0 fully saturated rings. The van der Waals surface area contributed by atoms with Crippen molar-refractivity contribution in [2.75, 3.05) is 4.90 Å². The Hall–Kier alpha value is -2.19. The molecule has 7 nitrogen and oxygen atoms in total. The zero-order chi connectivity index (χ0) is 18.9. The highest BCUT2D eigenvalue weighted by Gasteiger charge is 2.26. The summed E-state index contributed by atoms with van der Waals surface area (Å²) in [7, 11) is 0. The first kappa shape index (κ1) is 18.6. The number of carbonyl (C=O) groups excluding carboxylic acids is 1. The highest BCUT2D eigenvalue weighted by Crippen LogP contribution is 2.27. The molecule has 136 valence electrons. The van der Waals surface area contributed by atoms with Crippen LogP contribution in [0.15, 0.2) is 41.3 Å². The SMILES string of the molecule is CC(C)(C)OC(=O)N(Cc1cccnc1)c1cc(Cl)nc2c(Br)cnn12. The molecule has 0 N–H and O–H groups in total. The van der Waals surface area contributed by atoms with Gasteiger partial charge in [-0.05, 0) is 48.3 Å². The molecule has 0 unspecified atom stereocenters. The Morgan fingerprint density at radius 2 is 2.15 bits per heavy atom. The van der Waals surface area contributed by atoms with Crippen molar-refractivity contribution in [3.63, 3.8) is 0 Å². The van der Waals surface area contributed by atoms with E-state index in [4.69, 9.17) is 16.3 Å². The van der Waals surface area contributed by atoms with Crippen molar-refractivity contribution in [3.8, 4) is 0 Å². The van der Waals surface area contributed by atoms with Gasteiger partial charge in [0.25, 0.3) is 0 Å². The van der Waals surface area contributed by atoms with E-state index < -0.39 is 11.7 Å². The van der Waals surface area contributed by atoms with Gasteiger partial charge in [0.05, 0.1) is 17.2 Å². The van der Waals surface area contributed by atoms with Crippen molar-refractivity contribution < 1.29 is 9.53 Å². The number of pyridine rings is 1. The summed E-state index contributed by atoms with van der Waals surface area (Å²) in [6.07, 6.45) is 4.44. The molecule has 0 spiro atoms. The fraction of sp³-hybridized carbons (Fsp3) is 0.294. The molecule has 0 aliphatic rings. The molecule has 0 saturated heterocycles. The highest BCUT2D eigenvalue weighted by atomic mass is 79.9. The van der Waals surface area contributed by atoms with E-state index in [2.05, 4.69) is 31.0 Å². The Balaban J connectivity index is 2.10. The van der Waals surface area contributed by atoms with Crippen molar-refractivity contribution >= 4 is 45.1 Å². The van der Waals surface area contributed by atoms with E-state index in [-0.39, 0.29) is 11.7 Å². The number of aromatic nitrogens is 4. The first-order valence-electron chi connectivity index (χ1n) is 7.84. The zero-order valence-corrected chi connectivity index (χ0v) is 16.8. The smallest absolute Gasteiger partial charge is 0.416 e. The van der Waals surface area contributed by atoms with Crippen LogP contribution in [0.3, 0.4) is 0 Å². The van der Waals surface area contributed by atoms with Crippen LogP contribution in [0.1, 0.15) is 26.3 Å². The third-order valence-electron chi connectivity index (χ3n) is 3.33. The van der Waals surface area contributed by atoms with Gasteiger partial charge in [-0.15, -0.1) is 0 Å². The number of carbonyl (C=O) groups is 1. The number of fused-ring (bicyclic) bond motifs is 1. The fourth-order valence-corrected chi connectivity index (χ4v) is 2.84. The van der Waals surface area contributed by atoms with Crippen LogP contribution >= 0.6 is 27.5 Å².